The van der Waals surface area contributed by atoms with Crippen LogP contribution in [-0.4, -0.2) is 32.9 Å². The van der Waals surface area contributed by atoms with Crippen molar-refractivity contribution in [3.8, 4) is 0 Å². The molecule has 21 heavy (non-hydrogen) atoms. The molecule has 4 nitrogen and oxygen atoms in total. The minimum Gasteiger partial charge on any atom is -0.313 e. The maximum atomic E-state index is 12.8. The van der Waals surface area contributed by atoms with Crippen LogP contribution in [0.4, 0.5) is 0 Å². The van der Waals surface area contributed by atoms with Crippen LogP contribution in [0.15, 0.2) is 21.5 Å². The molecule has 6 heteroatoms. The Labute approximate surface area is 136 Å². The highest BCUT2D eigenvalue weighted by Gasteiger charge is 2.30. The van der Waals surface area contributed by atoms with Gasteiger partial charge >= 0.3 is 0 Å². The van der Waals surface area contributed by atoms with Gasteiger partial charge in [0.25, 0.3) is 0 Å². The van der Waals surface area contributed by atoms with Gasteiger partial charge < -0.3 is 5.32 Å². The van der Waals surface area contributed by atoms with Crippen molar-refractivity contribution in [3.63, 3.8) is 0 Å². The summed E-state index contributed by atoms with van der Waals surface area (Å²) in [4.78, 5) is 0.374. The second kappa shape index (κ2) is 6.77. The smallest absolute Gasteiger partial charge is 0.243 e. The first kappa shape index (κ1) is 16.9. The van der Waals surface area contributed by atoms with Gasteiger partial charge in [0.2, 0.25) is 10.0 Å². The number of hydrogen-bond acceptors (Lipinski definition) is 3. The van der Waals surface area contributed by atoms with Crippen LogP contribution in [0.5, 0.6) is 0 Å². The first-order valence-electron chi connectivity index (χ1n) is 7.32. The Morgan fingerprint density at radius 3 is 2.62 bits per heavy atom. The van der Waals surface area contributed by atoms with E-state index in [0.717, 1.165) is 30.5 Å². The van der Waals surface area contributed by atoms with E-state index >= 15 is 0 Å². The lowest BCUT2D eigenvalue weighted by Gasteiger charge is -2.19. The lowest BCUT2D eigenvalue weighted by atomic mass is 10.1. The fourth-order valence-electron chi connectivity index (χ4n) is 2.30. The minimum absolute atomic E-state index is 0.374. The molecule has 1 aromatic carbocycles. The number of hydrogen-bond donors (Lipinski definition) is 1. The molecule has 1 aliphatic rings. The topological polar surface area (TPSA) is 49.4 Å². The van der Waals surface area contributed by atoms with E-state index in [2.05, 4.69) is 21.2 Å². The average Bonchev–Trinajstić information content (AvgIpc) is 3.23. The summed E-state index contributed by atoms with van der Waals surface area (Å²) < 4.78 is 27.7. The fraction of sp³-hybridized carbons (Fsp3) is 0.600. The van der Waals surface area contributed by atoms with Gasteiger partial charge in [0.05, 0.1) is 4.90 Å². The van der Waals surface area contributed by atoms with E-state index in [-0.39, 0.29) is 0 Å². The molecule has 0 saturated heterocycles. The number of rotatable bonds is 7. The lowest BCUT2D eigenvalue weighted by Crippen LogP contribution is -2.29. The van der Waals surface area contributed by atoms with Crippen molar-refractivity contribution in [1.29, 1.82) is 0 Å². The molecule has 0 amide bonds. The number of aryl methyl sites for hydroxylation is 1. The molecule has 0 spiro atoms. The average molecular weight is 375 g/mol. The highest BCUT2D eigenvalue weighted by molar-refractivity contribution is 9.10. The molecule has 1 saturated carbocycles. The molecular formula is C15H23BrN2O2S. The Morgan fingerprint density at radius 1 is 1.38 bits per heavy atom. The predicted octanol–water partition coefficient (Wildman–Crippen LogP) is 2.90. The van der Waals surface area contributed by atoms with Gasteiger partial charge in [-0.1, -0.05) is 13.0 Å². The predicted molar refractivity (Wildman–Crippen MR) is 88.8 cm³/mol. The SMILES string of the molecule is CCNCc1cc(C)c(Br)c(S(=O)(=O)N(C)CC2CC2)c1. The van der Waals surface area contributed by atoms with Crippen molar-refractivity contribution < 1.29 is 8.42 Å². The van der Waals surface area contributed by atoms with Crippen LogP contribution in [0.1, 0.15) is 30.9 Å². The van der Waals surface area contributed by atoms with E-state index in [1.807, 2.05) is 19.9 Å². The molecule has 0 aliphatic heterocycles. The number of sulfonamides is 1. The molecule has 1 aromatic rings. The maximum Gasteiger partial charge on any atom is 0.243 e. The Morgan fingerprint density at radius 2 is 2.05 bits per heavy atom. The van der Waals surface area contributed by atoms with Crippen molar-refractivity contribution in [2.75, 3.05) is 20.1 Å². The molecule has 1 N–H and O–H groups in total. The van der Waals surface area contributed by atoms with Gasteiger partial charge in [0, 0.05) is 24.6 Å². The Hall–Kier alpha value is -0.430. The number of nitrogens with zero attached hydrogens (tertiary/aromatic N) is 1. The van der Waals surface area contributed by atoms with E-state index in [9.17, 15) is 8.42 Å². The molecular weight excluding hydrogens is 352 g/mol. The van der Waals surface area contributed by atoms with Crippen LogP contribution in [0.3, 0.4) is 0 Å². The highest BCUT2D eigenvalue weighted by atomic mass is 79.9. The largest absolute Gasteiger partial charge is 0.313 e. The summed E-state index contributed by atoms with van der Waals surface area (Å²) in [6, 6.07) is 3.80. The standard InChI is InChI=1S/C15H23BrN2O2S/c1-4-17-9-13-7-11(2)15(16)14(8-13)21(19,20)18(3)10-12-5-6-12/h7-8,12,17H,4-6,9-10H2,1-3H3. The normalized spacial score (nSPS) is 15.7. The molecule has 1 fully saturated rings. The van der Waals surface area contributed by atoms with E-state index < -0.39 is 10.0 Å². The van der Waals surface area contributed by atoms with Crippen LogP contribution in [0.2, 0.25) is 0 Å². The third-order valence-electron chi connectivity index (χ3n) is 3.76. The van der Waals surface area contributed by atoms with Crippen molar-refractivity contribution in [2.45, 2.75) is 38.1 Å². The first-order valence-corrected chi connectivity index (χ1v) is 9.55. The van der Waals surface area contributed by atoms with E-state index in [4.69, 9.17) is 0 Å². The van der Waals surface area contributed by atoms with Crippen molar-refractivity contribution >= 4 is 26.0 Å². The maximum absolute atomic E-state index is 12.8. The minimum atomic E-state index is -3.44. The van der Waals surface area contributed by atoms with Gasteiger partial charge in [-0.05, 0) is 65.4 Å². The molecule has 0 unspecified atom stereocenters. The molecule has 1 aliphatic carbocycles. The number of benzene rings is 1. The summed E-state index contributed by atoms with van der Waals surface area (Å²) in [6.07, 6.45) is 2.28. The zero-order valence-electron chi connectivity index (χ0n) is 12.8. The molecule has 2 rings (SSSR count). The fourth-order valence-corrected chi connectivity index (χ4v) is 4.57. The quantitative estimate of drug-likeness (QED) is 0.797. The second-order valence-electron chi connectivity index (χ2n) is 5.73. The van der Waals surface area contributed by atoms with Crippen LogP contribution in [0.25, 0.3) is 0 Å². The molecule has 0 heterocycles. The summed E-state index contributed by atoms with van der Waals surface area (Å²) in [7, 11) is -1.76. The van der Waals surface area contributed by atoms with Crippen LogP contribution in [-0.2, 0) is 16.6 Å². The van der Waals surface area contributed by atoms with E-state index in [1.165, 1.54) is 4.31 Å². The number of nitrogens with one attached hydrogen (secondary N) is 1. The lowest BCUT2D eigenvalue weighted by molar-refractivity contribution is 0.452. The third kappa shape index (κ3) is 4.06. The molecule has 0 aromatic heterocycles. The second-order valence-corrected chi connectivity index (χ2v) is 8.54. The zero-order valence-corrected chi connectivity index (χ0v) is 15.2. The first-order chi connectivity index (χ1) is 9.86. The summed E-state index contributed by atoms with van der Waals surface area (Å²) in [5.41, 5.74) is 1.94. The van der Waals surface area contributed by atoms with Gasteiger partial charge in [-0.3, -0.25) is 0 Å². The van der Waals surface area contributed by atoms with Gasteiger partial charge in [-0.2, -0.15) is 0 Å². The molecule has 0 radical (unpaired) electrons. The molecule has 0 atom stereocenters. The summed E-state index contributed by atoms with van der Waals surface area (Å²) >= 11 is 3.44. The Balaban J connectivity index is 2.33. The van der Waals surface area contributed by atoms with Gasteiger partial charge in [0.15, 0.2) is 0 Å². The van der Waals surface area contributed by atoms with E-state index in [1.54, 1.807) is 13.1 Å². The van der Waals surface area contributed by atoms with Crippen molar-refractivity contribution in [3.05, 3.63) is 27.7 Å². The van der Waals surface area contributed by atoms with Crippen LogP contribution in [0, 0.1) is 12.8 Å². The van der Waals surface area contributed by atoms with Crippen LogP contribution < -0.4 is 5.32 Å². The highest BCUT2D eigenvalue weighted by Crippen LogP contribution is 2.33. The summed E-state index contributed by atoms with van der Waals surface area (Å²) in [6.45, 7) is 6.12. The molecule has 0 bridgehead atoms. The van der Waals surface area contributed by atoms with Gasteiger partial charge in [-0.25, -0.2) is 12.7 Å². The summed E-state index contributed by atoms with van der Waals surface area (Å²) in [5, 5.41) is 3.24. The zero-order chi connectivity index (χ0) is 15.6. The summed E-state index contributed by atoms with van der Waals surface area (Å²) in [5.74, 6) is 0.537. The van der Waals surface area contributed by atoms with Gasteiger partial charge in [0.1, 0.15) is 0 Å². The van der Waals surface area contributed by atoms with Crippen molar-refractivity contribution in [2.24, 2.45) is 5.92 Å². The Kier molecular flexibility index (Phi) is 5.46. The Bertz CT molecular complexity index is 612. The number of halogens is 1. The van der Waals surface area contributed by atoms with Crippen LogP contribution >= 0.6 is 15.9 Å². The molecule has 118 valence electrons. The van der Waals surface area contributed by atoms with Gasteiger partial charge in [-0.15, -0.1) is 0 Å². The third-order valence-corrected chi connectivity index (χ3v) is 6.92. The van der Waals surface area contributed by atoms with Crippen molar-refractivity contribution in [1.82, 2.24) is 9.62 Å². The van der Waals surface area contributed by atoms with E-state index in [0.29, 0.717) is 28.4 Å². The monoisotopic (exact) mass is 374 g/mol.